The van der Waals surface area contributed by atoms with Crippen LogP contribution >= 0.6 is 11.6 Å². The first kappa shape index (κ1) is 16.9. The third-order valence-corrected chi connectivity index (χ3v) is 5.41. The van der Waals surface area contributed by atoms with Gasteiger partial charge in [0.2, 0.25) is 10.0 Å². The van der Waals surface area contributed by atoms with Crippen molar-refractivity contribution in [1.29, 1.82) is 0 Å². The third kappa shape index (κ3) is 3.43. The molecule has 3 aromatic rings. The molecule has 3 rings (SSSR count). The number of fused-ring (bicyclic) bond motifs is 1. The zero-order chi connectivity index (χ0) is 17.3. The number of hydrogen-bond donors (Lipinski definition) is 1. The summed E-state index contributed by atoms with van der Waals surface area (Å²) < 4.78 is 27.7. The fourth-order valence-electron chi connectivity index (χ4n) is 2.50. The Kier molecular flexibility index (Phi) is 4.58. The number of pyridine rings is 2. The smallest absolute Gasteiger partial charge is 0.211 e. The van der Waals surface area contributed by atoms with Crippen LogP contribution in [0.15, 0.2) is 36.8 Å². The van der Waals surface area contributed by atoms with Gasteiger partial charge in [0, 0.05) is 43.1 Å². The van der Waals surface area contributed by atoms with Crippen LogP contribution in [0.25, 0.3) is 22.2 Å². The molecule has 0 unspecified atom stereocenters. The summed E-state index contributed by atoms with van der Waals surface area (Å²) in [5.74, 6) is 0.0527. The molecule has 0 bridgehead atoms. The average molecular weight is 365 g/mol. The molecule has 0 saturated heterocycles. The molecular weight excluding hydrogens is 348 g/mol. The van der Waals surface area contributed by atoms with Crippen LogP contribution in [0, 0.1) is 0 Å². The lowest BCUT2D eigenvalue weighted by molar-refractivity contribution is 0.582. The molecule has 0 aliphatic carbocycles. The lowest BCUT2D eigenvalue weighted by Gasteiger charge is -2.08. The monoisotopic (exact) mass is 364 g/mol. The van der Waals surface area contributed by atoms with Crippen molar-refractivity contribution in [3.63, 3.8) is 0 Å². The Balaban J connectivity index is 1.96. The van der Waals surface area contributed by atoms with Crippen molar-refractivity contribution >= 4 is 32.5 Å². The highest BCUT2D eigenvalue weighted by atomic mass is 35.5. The zero-order valence-electron chi connectivity index (χ0n) is 13.3. The number of rotatable bonds is 5. The molecule has 0 saturated carbocycles. The Hall–Kier alpha value is -1.96. The standard InChI is InChI=1S/C16H17ClN4O2S/c1-3-24(22,23)20-8-11-4-12(9-18-7-11)14-5-13-10-19-16(17)6-15(13)21(14)2/h4-7,9-10,20H,3,8H2,1-2H3. The number of aryl methyl sites for hydroxylation is 1. The molecule has 0 spiro atoms. The van der Waals surface area contributed by atoms with E-state index in [0.717, 1.165) is 27.7 Å². The van der Waals surface area contributed by atoms with E-state index >= 15 is 0 Å². The van der Waals surface area contributed by atoms with Gasteiger partial charge in [0.1, 0.15) is 5.15 Å². The highest BCUT2D eigenvalue weighted by molar-refractivity contribution is 7.89. The Labute approximate surface area is 145 Å². The van der Waals surface area contributed by atoms with Crippen LogP contribution in [0.4, 0.5) is 0 Å². The fourth-order valence-corrected chi connectivity index (χ4v) is 3.25. The summed E-state index contributed by atoms with van der Waals surface area (Å²) in [6.07, 6.45) is 5.14. The van der Waals surface area contributed by atoms with Crippen molar-refractivity contribution in [3.8, 4) is 11.3 Å². The van der Waals surface area contributed by atoms with Gasteiger partial charge >= 0.3 is 0 Å². The zero-order valence-corrected chi connectivity index (χ0v) is 14.9. The Morgan fingerprint density at radius 2 is 2.00 bits per heavy atom. The van der Waals surface area contributed by atoms with Gasteiger partial charge in [-0.25, -0.2) is 18.1 Å². The highest BCUT2D eigenvalue weighted by Crippen LogP contribution is 2.28. The van der Waals surface area contributed by atoms with E-state index in [1.165, 1.54) is 0 Å². The van der Waals surface area contributed by atoms with Gasteiger partial charge in [-0.05, 0) is 30.7 Å². The topological polar surface area (TPSA) is 76.9 Å². The van der Waals surface area contributed by atoms with Crippen molar-refractivity contribution in [2.75, 3.05) is 5.75 Å². The van der Waals surface area contributed by atoms with Crippen molar-refractivity contribution in [2.24, 2.45) is 7.05 Å². The number of halogens is 1. The molecular formula is C16H17ClN4O2S. The van der Waals surface area contributed by atoms with Crippen LogP contribution in [-0.4, -0.2) is 28.7 Å². The van der Waals surface area contributed by atoms with Gasteiger partial charge in [-0.2, -0.15) is 0 Å². The second-order valence-electron chi connectivity index (χ2n) is 5.46. The molecule has 8 heteroatoms. The largest absolute Gasteiger partial charge is 0.343 e. The van der Waals surface area contributed by atoms with E-state index in [2.05, 4.69) is 14.7 Å². The maximum atomic E-state index is 11.6. The lowest BCUT2D eigenvalue weighted by atomic mass is 10.1. The first-order valence-corrected chi connectivity index (χ1v) is 9.45. The van der Waals surface area contributed by atoms with E-state index < -0.39 is 10.0 Å². The number of aromatic nitrogens is 3. The third-order valence-electron chi connectivity index (χ3n) is 3.86. The van der Waals surface area contributed by atoms with Crippen molar-refractivity contribution < 1.29 is 8.42 Å². The van der Waals surface area contributed by atoms with Crippen LogP contribution in [0.5, 0.6) is 0 Å². The van der Waals surface area contributed by atoms with E-state index in [4.69, 9.17) is 11.6 Å². The van der Waals surface area contributed by atoms with E-state index in [1.54, 1.807) is 25.5 Å². The summed E-state index contributed by atoms with van der Waals surface area (Å²) in [7, 11) is -1.29. The Morgan fingerprint density at radius 3 is 2.75 bits per heavy atom. The van der Waals surface area contributed by atoms with Gasteiger partial charge < -0.3 is 4.57 Å². The van der Waals surface area contributed by atoms with E-state index in [-0.39, 0.29) is 12.3 Å². The molecule has 0 amide bonds. The van der Waals surface area contributed by atoms with Gasteiger partial charge in [-0.15, -0.1) is 0 Å². The molecule has 0 aliphatic heterocycles. The SMILES string of the molecule is CCS(=O)(=O)NCc1cncc(-c2cc3cnc(Cl)cc3n2C)c1. The van der Waals surface area contributed by atoms with Crippen LogP contribution in [0.2, 0.25) is 5.15 Å². The van der Waals surface area contributed by atoms with Crippen LogP contribution < -0.4 is 4.72 Å². The van der Waals surface area contributed by atoms with Crippen molar-refractivity contribution in [1.82, 2.24) is 19.3 Å². The number of sulfonamides is 1. The minimum atomic E-state index is -3.23. The minimum absolute atomic E-state index is 0.0527. The second kappa shape index (κ2) is 6.51. The van der Waals surface area contributed by atoms with Crippen LogP contribution in [0.1, 0.15) is 12.5 Å². The molecule has 1 N–H and O–H groups in total. The summed E-state index contributed by atoms with van der Waals surface area (Å²) in [4.78, 5) is 8.33. The number of nitrogens with one attached hydrogen (secondary N) is 1. The Bertz CT molecular complexity index is 998. The van der Waals surface area contributed by atoms with E-state index in [1.807, 2.05) is 29.8 Å². The van der Waals surface area contributed by atoms with Gasteiger partial charge in [0.25, 0.3) is 0 Å². The number of nitrogens with zero attached hydrogens (tertiary/aromatic N) is 3. The predicted octanol–water partition coefficient (Wildman–Crippen LogP) is 2.73. The molecule has 3 heterocycles. The quantitative estimate of drug-likeness (QED) is 0.706. The molecule has 126 valence electrons. The van der Waals surface area contributed by atoms with Crippen molar-refractivity contribution in [2.45, 2.75) is 13.5 Å². The first-order valence-electron chi connectivity index (χ1n) is 7.42. The second-order valence-corrected chi connectivity index (χ2v) is 7.94. The maximum absolute atomic E-state index is 11.6. The molecule has 6 nitrogen and oxygen atoms in total. The molecule has 0 atom stereocenters. The summed E-state index contributed by atoms with van der Waals surface area (Å²) in [6.45, 7) is 1.82. The molecule has 24 heavy (non-hydrogen) atoms. The van der Waals surface area contributed by atoms with Crippen LogP contribution in [0.3, 0.4) is 0 Å². The van der Waals surface area contributed by atoms with Gasteiger partial charge in [-0.1, -0.05) is 11.6 Å². The lowest BCUT2D eigenvalue weighted by Crippen LogP contribution is -2.24. The normalized spacial score (nSPS) is 12.0. The fraction of sp³-hybridized carbons (Fsp3) is 0.250. The van der Waals surface area contributed by atoms with E-state index in [0.29, 0.717) is 5.15 Å². The maximum Gasteiger partial charge on any atom is 0.211 e. The Morgan fingerprint density at radius 1 is 1.21 bits per heavy atom. The molecule has 0 radical (unpaired) electrons. The molecule has 0 fully saturated rings. The average Bonchev–Trinajstić information content (AvgIpc) is 2.90. The highest BCUT2D eigenvalue weighted by Gasteiger charge is 2.11. The molecule has 0 aliphatic rings. The van der Waals surface area contributed by atoms with Crippen LogP contribution in [-0.2, 0) is 23.6 Å². The summed E-state index contributed by atoms with van der Waals surface area (Å²) in [5, 5.41) is 1.42. The van der Waals surface area contributed by atoms with Gasteiger partial charge in [0.05, 0.1) is 17.0 Å². The number of hydrogen-bond acceptors (Lipinski definition) is 4. The first-order chi connectivity index (χ1) is 11.4. The van der Waals surface area contributed by atoms with Crippen molar-refractivity contribution in [3.05, 3.63) is 47.5 Å². The summed E-state index contributed by atoms with van der Waals surface area (Å²) in [6, 6.07) is 5.75. The van der Waals surface area contributed by atoms with Gasteiger partial charge in [0.15, 0.2) is 0 Å². The van der Waals surface area contributed by atoms with E-state index in [9.17, 15) is 8.42 Å². The summed E-state index contributed by atoms with van der Waals surface area (Å²) in [5.41, 5.74) is 3.63. The molecule has 0 aromatic carbocycles. The predicted molar refractivity (Wildman–Crippen MR) is 95.3 cm³/mol. The molecule has 3 aromatic heterocycles. The summed E-state index contributed by atoms with van der Waals surface area (Å²) >= 11 is 5.97. The van der Waals surface area contributed by atoms with Gasteiger partial charge in [-0.3, -0.25) is 4.98 Å². The minimum Gasteiger partial charge on any atom is -0.343 e.